The molecule has 0 amide bonds. The van der Waals surface area contributed by atoms with Crippen molar-refractivity contribution in [1.29, 1.82) is 0 Å². The summed E-state index contributed by atoms with van der Waals surface area (Å²) in [6.07, 6.45) is 40.5. The summed E-state index contributed by atoms with van der Waals surface area (Å²) in [6, 6.07) is 25.8. The van der Waals surface area contributed by atoms with E-state index in [4.69, 9.17) is 4.99 Å². The first-order valence-corrected chi connectivity index (χ1v) is 21.2. The Hall–Kier alpha value is -4.69. The number of rotatable bonds is 4. The van der Waals surface area contributed by atoms with E-state index < -0.39 is 0 Å². The lowest BCUT2D eigenvalue weighted by Gasteiger charge is -2.41. The van der Waals surface area contributed by atoms with Crippen molar-refractivity contribution in [3.8, 4) is 11.1 Å². The van der Waals surface area contributed by atoms with Gasteiger partial charge in [0.15, 0.2) is 0 Å². The number of fused-ring (bicyclic) bond motifs is 10. The zero-order valence-corrected chi connectivity index (χ0v) is 31.6. The second-order valence-corrected chi connectivity index (χ2v) is 17.5. The van der Waals surface area contributed by atoms with E-state index in [1.807, 2.05) is 0 Å². The van der Waals surface area contributed by atoms with Crippen LogP contribution in [0.25, 0.3) is 16.8 Å². The fraction of sp³-hybridized carbons (Fsp3) is 0.365. The van der Waals surface area contributed by atoms with E-state index >= 15 is 0 Å². The summed E-state index contributed by atoms with van der Waals surface area (Å²) in [5.74, 6) is 1.38. The van der Waals surface area contributed by atoms with Gasteiger partial charge >= 0.3 is 0 Å². The molecule has 270 valence electrons. The second kappa shape index (κ2) is 13.0. The minimum absolute atomic E-state index is 0.0325. The van der Waals surface area contributed by atoms with Crippen molar-refractivity contribution in [3.05, 3.63) is 172 Å². The standard InChI is InChI=1S/C52H52N2/c1-5-15-36(16-6-1)48-34-49(54-50(53-48)38-17-7-2-8-18-38)37-23-21-35(22-24-37)39-25-26-45-41(31-39)43-33-46-42(32-47(43)52(45)29-13-4-14-30-52)40-19-9-10-20-44(40)51(46)27-11-3-12-28-51/h1-2,5-10,15-17,19-21,23,25-26,31-34,38,41,45,50,53H,3-4,11-14,18,22,24,27-30H2. The molecule has 2 fully saturated rings. The molecule has 4 unspecified atom stereocenters. The van der Waals surface area contributed by atoms with E-state index in [0.29, 0.717) is 17.8 Å². The maximum absolute atomic E-state index is 5.36. The Kier molecular flexibility index (Phi) is 7.86. The highest BCUT2D eigenvalue weighted by Crippen LogP contribution is 2.64. The van der Waals surface area contributed by atoms with Gasteiger partial charge in [0.2, 0.25) is 0 Å². The summed E-state index contributed by atoms with van der Waals surface area (Å²) in [5, 5.41) is 3.79. The fourth-order valence-electron chi connectivity index (χ4n) is 12.2. The number of hydrogen-bond donors (Lipinski definition) is 1. The molecule has 2 saturated carbocycles. The lowest BCUT2D eigenvalue weighted by molar-refractivity contribution is 0.233. The van der Waals surface area contributed by atoms with Crippen LogP contribution in [0.1, 0.15) is 117 Å². The van der Waals surface area contributed by atoms with Gasteiger partial charge in [-0.2, -0.15) is 0 Å². The lowest BCUT2D eigenvalue weighted by atomic mass is 9.63. The fourth-order valence-corrected chi connectivity index (χ4v) is 12.2. The maximum Gasteiger partial charge on any atom is 0.126 e. The van der Waals surface area contributed by atoms with Crippen molar-refractivity contribution >= 4 is 11.4 Å². The highest BCUT2D eigenvalue weighted by Gasteiger charge is 2.53. The molecule has 2 nitrogen and oxygen atoms in total. The Morgan fingerprint density at radius 3 is 2.26 bits per heavy atom. The third kappa shape index (κ3) is 5.08. The average molecular weight is 705 g/mol. The minimum atomic E-state index is 0.0325. The number of aliphatic imine (C=N–C) groups is 1. The van der Waals surface area contributed by atoms with Crippen molar-refractivity contribution in [3.63, 3.8) is 0 Å². The zero-order chi connectivity index (χ0) is 35.7. The van der Waals surface area contributed by atoms with Gasteiger partial charge in [0.25, 0.3) is 0 Å². The van der Waals surface area contributed by atoms with Crippen LogP contribution in [0.4, 0.5) is 0 Å². The van der Waals surface area contributed by atoms with Crippen molar-refractivity contribution in [2.45, 2.75) is 106 Å². The first-order valence-electron chi connectivity index (χ1n) is 21.2. The summed E-state index contributed by atoms with van der Waals surface area (Å²) in [4.78, 5) is 5.36. The van der Waals surface area contributed by atoms with Gasteiger partial charge in [0.05, 0.1) is 5.71 Å². The molecule has 54 heavy (non-hydrogen) atoms. The van der Waals surface area contributed by atoms with E-state index in [2.05, 4.69) is 133 Å². The molecule has 4 atom stereocenters. The predicted molar refractivity (Wildman–Crippen MR) is 225 cm³/mol. The summed E-state index contributed by atoms with van der Waals surface area (Å²) in [6.45, 7) is 0. The van der Waals surface area contributed by atoms with Gasteiger partial charge in [-0.05, 0) is 119 Å². The Labute approximate surface area is 322 Å². The van der Waals surface area contributed by atoms with Crippen LogP contribution in [-0.2, 0) is 10.8 Å². The monoisotopic (exact) mass is 704 g/mol. The highest BCUT2D eigenvalue weighted by molar-refractivity contribution is 6.13. The SMILES string of the molecule is C1=CCC(C2N=C(C3=CC=C(C4=CC5c6cc7c(cc6C6(CCCCC6)C5C=C4)-c4ccccc4C74CCCCC4)CC3)C=C(c3ccccc3)N2)C=C1. The first kappa shape index (κ1) is 32.7. The van der Waals surface area contributed by atoms with E-state index in [0.717, 1.165) is 25.0 Å². The number of allylic oxidation sites excluding steroid dienone is 12. The van der Waals surface area contributed by atoms with E-state index in [9.17, 15) is 0 Å². The predicted octanol–water partition coefficient (Wildman–Crippen LogP) is 12.5. The molecule has 0 saturated heterocycles. The van der Waals surface area contributed by atoms with E-state index in [1.165, 1.54) is 97.8 Å². The number of hydrogen-bond acceptors (Lipinski definition) is 2. The Bertz CT molecular complexity index is 2250. The van der Waals surface area contributed by atoms with Crippen LogP contribution < -0.4 is 5.32 Å². The number of benzene rings is 3. The topological polar surface area (TPSA) is 24.4 Å². The molecule has 11 rings (SSSR count). The molecule has 8 aliphatic rings. The van der Waals surface area contributed by atoms with E-state index in [-0.39, 0.29) is 17.0 Å². The van der Waals surface area contributed by atoms with Crippen molar-refractivity contribution in [2.24, 2.45) is 16.8 Å². The average Bonchev–Trinajstić information content (AvgIpc) is 3.66. The van der Waals surface area contributed by atoms with Crippen LogP contribution in [0.2, 0.25) is 0 Å². The molecule has 2 heteroatoms. The molecular formula is C52H52N2. The quantitative estimate of drug-likeness (QED) is 0.287. The Balaban J connectivity index is 0.960. The molecule has 2 spiro atoms. The summed E-state index contributed by atoms with van der Waals surface area (Å²) < 4.78 is 0. The molecule has 3 aromatic rings. The van der Waals surface area contributed by atoms with Crippen LogP contribution in [-0.4, -0.2) is 11.9 Å². The molecule has 0 bridgehead atoms. The van der Waals surface area contributed by atoms with Crippen molar-refractivity contribution in [1.82, 2.24) is 5.32 Å². The molecule has 3 aromatic carbocycles. The Morgan fingerprint density at radius 1 is 0.685 bits per heavy atom. The molecular weight excluding hydrogens is 653 g/mol. The largest absolute Gasteiger partial charge is 0.363 e. The third-order valence-electron chi connectivity index (χ3n) is 14.9. The maximum atomic E-state index is 5.36. The van der Waals surface area contributed by atoms with Crippen molar-refractivity contribution < 1.29 is 0 Å². The molecule has 1 aliphatic heterocycles. The lowest BCUT2D eigenvalue weighted by Crippen LogP contribution is -2.37. The van der Waals surface area contributed by atoms with Crippen LogP contribution in [0.5, 0.6) is 0 Å². The molecule has 0 aromatic heterocycles. The van der Waals surface area contributed by atoms with Gasteiger partial charge < -0.3 is 5.32 Å². The number of nitrogens with one attached hydrogen (secondary N) is 1. The zero-order valence-electron chi connectivity index (χ0n) is 31.6. The summed E-state index contributed by atoms with van der Waals surface area (Å²) >= 11 is 0. The van der Waals surface area contributed by atoms with Crippen LogP contribution in [0, 0.1) is 11.8 Å². The summed E-state index contributed by atoms with van der Waals surface area (Å²) in [5.41, 5.74) is 18.0. The van der Waals surface area contributed by atoms with Crippen LogP contribution in [0.3, 0.4) is 0 Å². The van der Waals surface area contributed by atoms with Gasteiger partial charge in [0.1, 0.15) is 6.17 Å². The van der Waals surface area contributed by atoms with Gasteiger partial charge in [-0.1, -0.05) is 154 Å². The van der Waals surface area contributed by atoms with Gasteiger partial charge in [-0.25, -0.2) is 0 Å². The minimum Gasteiger partial charge on any atom is -0.363 e. The van der Waals surface area contributed by atoms with Gasteiger partial charge in [-0.3, -0.25) is 4.99 Å². The second-order valence-electron chi connectivity index (χ2n) is 17.5. The van der Waals surface area contributed by atoms with Crippen LogP contribution in [0.15, 0.2) is 149 Å². The smallest absolute Gasteiger partial charge is 0.126 e. The van der Waals surface area contributed by atoms with E-state index in [1.54, 1.807) is 27.8 Å². The Morgan fingerprint density at radius 2 is 1.46 bits per heavy atom. The normalized spacial score (nSPS) is 28.2. The first-order chi connectivity index (χ1) is 26.7. The van der Waals surface area contributed by atoms with Gasteiger partial charge in [-0.15, -0.1) is 0 Å². The molecule has 7 aliphatic carbocycles. The molecule has 1 heterocycles. The number of nitrogens with zero attached hydrogens (tertiary/aromatic N) is 1. The third-order valence-corrected chi connectivity index (χ3v) is 14.9. The summed E-state index contributed by atoms with van der Waals surface area (Å²) in [7, 11) is 0. The van der Waals surface area contributed by atoms with Gasteiger partial charge in [0, 0.05) is 28.4 Å². The molecule has 1 N–H and O–H groups in total. The highest BCUT2D eigenvalue weighted by atomic mass is 15.1. The van der Waals surface area contributed by atoms with Crippen LogP contribution >= 0.6 is 0 Å². The van der Waals surface area contributed by atoms with Crippen molar-refractivity contribution in [2.75, 3.05) is 0 Å². The molecule has 0 radical (unpaired) electrons.